The number of alkyl halides is 3. The van der Waals surface area contributed by atoms with Crippen LogP contribution < -0.4 is 0 Å². The molecule has 1 rings (SSSR count). The van der Waals surface area contributed by atoms with Crippen LogP contribution in [0.4, 0.5) is 0 Å². The fraction of sp³-hybridized carbons (Fsp3) is 0.923. The topological polar surface area (TPSA) is 60.8 Å². The molecule has 21 heavy (non-hydrogen) atoms. The molecule has 1 saturated heterocycles. The van der Waals surface area contributed by atoms with Gasteiger partial charge in [0.2, 0.25) is 12.2 Å². The van der Waals surface area contributed by atoms with Crippen molar-refractivity contribution in [2.24, 2.45) is 0 Å². The first-order chi connectivity index (χ1) is 9.86. The van der Waals surface area contributed by atoms with Gasteiger partial charge in [-0.05, 0) is 6.42 Å². The molecule has 1 fully saturated rings. The van der Waals surface area contributed by atoms with Crippen LogP contribution in [0.25, 0.3) is 0 Å². The Hall–Kier alpha value is 0.220. The van der Waals surface area contributed by atoms with Gasteiger partial charge in [-0.1, -0.05) is 48.1 Å². The first kappa shape index (κ1) is 19.3. The molecule has 0 spiro atoms. The van der Waals surface area contributed by atoms with Crippen LogP contribution in [0.1, 0.15) is 32.6 Å². The minimum atomic E-state index is -1.89. The Morgan fingerprint density at radius 2 is 2.05 bits per heavy atom. The molecule has 0 bridgehead atoms. The second kappa shape index (κ2) is 9.38. The van der Waals surface area contributed by atoms with Gasteiger partial charge in [-0.25, -0.2) is 0 Å². The molecule has 124 valence electrons. The highest BCUT2D eigenvalue weighted by molar-refractivity contribution is 6.76. The third-order valence-corrected chi connectivity index (χ3v) is 3.55. The minimum Gasteiger partial charge on any atom is -0.448 e. The molecule has 1 N–H and O–H groups in total. The molecule has 0 saturated carbocycles. The normalized spacial score (nSPS) is 26.6. The maximum absolute atomic E-state index is 7.61. The van der Waals surface area contributed by atoms with Crippen molar-refractivity contribution in [1.82, 2.24) is 0 Å². The summed E-state index contributed by atoms with van der Waals surface area (Å²) >= 11 is 16.8. The third-order valence-electron chi connectivity index (χ3n) is 3.04. The molecule has 0 aromatic heterocycles. The van der Waals surface area contributed by atoms with Crippen molar-refractivity contribution in [3.05, 3.63) is 0 Å². The van der Waals surface area contributed by atoms with Gasteiger partial charge >= 0.3 is 0 Å². The molecule has 8 heteroatoms. The van der Waals surface area contributed by atoms with E-state index in [1.54, 1.807) is 7.11 Å². The fourth-order valence-electron chi connectivity index (χ4n) is 2.03. The van der Waals surface area contributed by atoms with E-state index < -0.39 is 16.0 Å². The number of halogens is 3. The molecule has 1 heterocycles. The van der Waals surface area contributed by atoms with Crippen molar-refractivity contribution >= 4 is 40.7 Å². The average Bonchev–Trinajstić information content (AvgIpc) is 2.38. The first-order valence-electron chi connectivity index (χ1n) is 6.95. The van der Waals surface area contributed by atoms with Gasteiger partial charge in [-0.2, -0.15) is 0 Å². The molecule has 0 aliphatic carbocycles. The highest BCUT2D eigenvalue weighted by Crippen LogP contribution is 2.31. The Morgan fingerprint density at radius 3 is 2.62 bits per heavy atom. The average molecular weight is 363 g/mol. The monoisotopic (exact) mass is 361 g/mol. The Balaban J connectivity index is 2.55. The number of unbranched alkanes of at least 4 members (excludes halogenated alkanes) is 1. The predicted octanol–water partition coefficient (Wildman–Crippen LogP) is 3.69. The van der Waals surface area contributed by atoms with E-state index >= 15 is 0 Å². The van der Waals surface area contributed by atoms with Crippen LogP contribution >= 0.6 is 34.8 Å². The van der Waals surface area contributed by atoms with E-state index in [1.807, 2.05) is 0 Å². The lowest BCUT2D eigenvalue weighted by Gasteiger charge is -2.35. The van der Waals surface area contributed by atoms with Gasteiger partial charge in [-0.3, -0.25) is 5.41 Å². The predicted molar refractivity (Wildman–Crippen MR) is 83.5 cm³/mol. The van der Waals surface area contributed by atoms with Gasteiger partial charge < -0.3 is 18.9 Å². The Kier molecular flexibility index (Phi) is 8.61. The Morgan fingerprint density at radius 1 is 1.33 bits per heavy atom. The zero-order valence-corrected chi connectivity index (χ0v) is 14.5. The van der Waals surface area contributed by atoms with Crippen LogP contribution in [0.3, 0.4) is 0 Å². The van der Waals surface area contributed by atoms with Crippen molar-refractivity contribution in [3.63, 3.8) is 0 Å². The second-order valence-corrected chi connectivity index (χ2v) is 7.19. The number of methoxy groups -OCH3 is 1. The molecular weight excluding hydrogens is 341 g/mol. The summed E-state index contributed by atoms with van der Waals surface area (Å²) in [6.45, 7) is 3.22. The number of hydrogen-bond acceptors (Lipinski definition) is 5. The van der Waals surface area contributed by atoms with Crippen LogP contribution in [-0.4, -0.2) is 48.5 Å². The summed E-state index contributed by atoms with van der Waals surface area (Å²) < 4.78 is 20.0. The van der Waals surface area contributed by atoms with Gasteiger partial charge in [0.05, 0.1) is 18.8 Å². The van der Waals surface area contributed by atoms with E-state index in [0.29, 0.717) is 19.6 Å². The van der Waals surface area contributed by atoms with Gasteiger partial charge in [-0.15, -0.1) is 0 Å². The van der Waals surface area contributed by atoms with Crippen LogP contribution in [0.5, 0.6) is 0 Å². The zero-order valence-electron chi connectivity index (χ0n) is 12.2. The molecule has 0 aromatic carbocycles. The quantitative estimate of drug-likeness (QED) is 0.325. The van der Waals surface area contributed by atoms with E-state index in [4.69, 9.17) is 59.2 Å². The lowest BCUT2D eigenvalue weighted by atomic mass is 10.1. The molecule has 1 unspecified atom stereocenters. The summed E-state index contributed by atoms with van der Waals surface area (Å²) in [6, 6.07) is 0. The largest absolute Gasteiger partial charge is 0.448 e. The van der Waals surface area contributed by atoms with Crippen molar-refractivity contribution in [2.75, 3.05) is 20.3 Å². The standard InChI is InChI=1S/C13H22Cl3NO4/c1-3-4-5-19-9-6-10(8-18-2)20-11(7-9)21-12(17)13(14,15)16/h9-11,17H,3-8H2,1-2H3/t9-,10-,11?/m0/s1. The van der Waals surface area contributed by atoms with E-state index in [2.05, 4.69) is 6.92 Å². The summed E-state index contributed by atoms with van der Waals surface area (Å²) in [6.07, 6.45) is 2.44. The molecule has 3 atom stereocenters. The molecule has 5 nitrogen and oxygen atoms in total. The fourth-order valence-corrected chi connectivity index (χ4v) is 2.16. The van der Waals surface area contributed by atoms with Crippen LogP contribution in [0, 0.1) is 5.41 Å². The Bertz CT molecular complexity index is 325. The lowest BCUT2D eigenvalue weighted by Crippen LogP contribution is -2.42. The third kappa shape index (κ3) is 7.35. The maximum atomic E-state index is 7.61. The zero-order chi connectivity index (χ0) is 15.9. The summed E-state index contributed by atoms with van der Waals surface area (Å²) in [5.74, 6) is -0.456. The highest BCUT2D eigenvalue weighted by atomic mass is 35.6. The minimum absolute atomic E-state index is 0.0152. The first-order valence-corrected chi connectivity index (χ1v) is 8.08. The lowest BCUT2D eigenvalue weighted by molar-refractivity contribution is -0.201. The second-order valence-electron chi connectivity index (χ2n) is 4.91. The number of hydrogen-bond donors (Lipinski definition) is 1. The molecule has 0 aromatic rings. The summed E-state index contributed by atoms with van der Waals surface area (Å²) in [4.78, 5) is 0. The smallest absolute Gasteiger partial charge is 0.265 e. The SMILES string of the molecule is CCCCO[C@@H]1CC(OC(=N)C(Cl)(Cl)Cl)O[C@H](COC)C1. The van der Waals surface area contributed by atoms with E-state index in [1.165, 1.54) is 0 Å². The van der Waals surface area contributed by atoms with Gasteiger partial charge in [0.25, 0.3) is 3.79 Å². The van der Waals surface area contributed by atoms with Crippen molar-refractivity contribution in [2.45, 2.75) is 54.9 Å². The molecule has 1 aliphatic rings. The number of rotatable bonds is 7. The van der Waals surface area contributed by atoms with Crippen LogP contribution in [0.15, 0.2) is 0 Å². The summed E-state index contributed by atoms with van der Waals surface area (Å²) in [7, 11) is 1.60. The molecular formula is C13H22Cl3NO4. The van der Waals surface area contributed by atoms with Gasteiger partial charge in [0.15, 0.2) is 0 Å². The highest BCUT2D eigenvalue weighted by Gasteiger charge is 2.36. The molecule has 0 amide bonds. The van der Waals surface area contributed by atoms with Crippen LogP contribution in [0.2, 0.25) is 0 Å². The van der Waals surface area contributed by atoms with E-state index in [-0.39, 0.29) is 12.2 Å². The van der Waals surface area contributed by atoms with Crippen molar-refractivity contribution in [1.29, 1.82) is 5.41 Å². The molecule has 1 aliphatic heterocycles. The van der Waals surface area contributed by atoms with Gasteiger partial charge in [0, 0.05) is 26.6 Å². The van der Waals surface area contributed by atoms with Crippen molar-refractivity contribution < 1.29 is 18.9 Å². The van der Waals surface area contributed by atoms with E-state index in [0.717, 1.165) is 19.3 Å². The summed E-state index contributed by atoms with van der Waals surface area (Å²) in [5.41, 5.74) is 0. The summed E-state index contributed by atoms with van der Waals surface area (Å²) in [5, 5.41) is 7.61. The van der Waals surface area contributed by atoms with E-state index in [9.17, 15) is 0 Å². The number of nitrogens with one attached hydrogen (secondary N) is 1. The van der Waals surface area contributed by atoms with Gasteiger partial charge in [0.1, 0.15) is 0 Å². The van der Waals surface area contributed by atoms with Crippen LogP contribution in [-0.2, 0) is 18.9 Å². The molecule has 0 radical (unpaired) electrons. The van der Waals surface area contributed by atoms with Crippen molar-refractivity contribution in [3.8, 4) is 0 Å². The maximum Gasteiger partial charge on any atom is 0.265 e. The number of ether oxygens (including phenoxy) is 4. The Labute approximate surface area is 140 Å².